The number of esters is 1. The maximum atomic E-state index is 13.0. The van der Waals surface area contributed by atoms with E-state index in [9.17, 15) is 19.2 Å². The number of aromatic nitrogens is 1. The van der Waals surface area contributed by atoms with Crippen LogP contribution >= 0.6 is 23.2 Å². The number of ether oxygens (including phenoxy) is 1. The van der Waals surface area contributed by atoms with Gasteiger partial charge in [0.2, 0.25) is 5.75 Å². The van der Waals surface area contributed by atoms with Gasteiger partial charge in [-0.25, -0.2) is 4.79 Å². The van der Waals surface area contributed by atoms with Gasteiger partial charge in [0.1, 0.15) is 5.69 Å². The third-order valence-electron chi connectivity index (χ3n) is 5.29. The third kappa shape index (κ3) is 5.70. The van der Waals surface area contributed by atoms with Crippen molar-refractivity contribution in [2.24, 2.45) is 7.05 Å². The van der Waals surface area contributed by atoms with E-state index in [-0.39, 0.29) is 18.5 Å². The highest BCUT2D eigenvalue weighted by Gasteiger charge is 2.22. The Bertz CT molecular complexity index is 1210. The van der Waals surface area contributed by atoms with Crippen molar-refractivity contribution in [1.82, 2.24) is 9.88 Å². The summed E-state index contributed by atoms with van der Waals surface area (Å²) in [7, 11) is 1.75. The Hall–Kier alpha value is -2.23. The average molecular weight is 525 g/mol. The zero-order valence-corrected chi connectivity index (χ0v) is 21.6. The molecule has 0 fully saturated rings. The number of hydrogen-bond acceptors (Lipinski definition) is 5. The molecule has 3 rings (SSSR count). The quantitative estimate of drug-likeness (QED) is 0.337. The van der Waals surface area contributed by atoms with E-state index >= 15 is 0 Å². The molecule has 0 bridgehead atoms. The number of carbonyl (C=O) groups excluding carboxylic acids is 2. The molecule has 0 radical (unpaired) electrons. The molecule has 0 aliphatic carbocycles. The Balaban J connectivity index is 1.76. The predicted octanol–water partition coefficient (Wildman–Crippen LogP) is 4.32. The second-order valence-corrected chi connectivity index (χ2v) is 10.4. The van der Waals surface area contributed by atoms with E-state index in [0.29, 0.717) is 31.6 Å². The van der Waals surface area contributed by atoms with Crippen LogP contribution in [-0.4, -0.2) is 44.6 Å². The van der Waals surface area contributed by atoms with Crippen LogP contribution in [0.3, 0.4) is 0 Å². The minimum absolute atomic E-state index is 0.245. The van der Waals surface area contributed by atoms with Crippen LogP contribution in [0.1, 0.15) is 41.5 Å². The fraction of sp³-hybridized carbons (Fsp3) is 0.333. The van der Waals surface area contributed by atoms with Crippen LogP contribution in [0.5, 0.6) is 0 Å². The number of benzene rings is 2. The number of carbonyl (C=O) groups is 2. The molecule has 7 nitrogen and oxygen atoms in total. The third-order valence-corrected chi connectivity index (χ3v) is 7.56. The maximum absolute atomic E-state index is 13.0. The van der Waals surface area contributed by atoms with Crippen molar-refractivity contribution in [2.45, 2.75) is 37.8 Å². The minimum Gasteiger partial charge on any atom is -0.611 e. The van der Waals surface area contributed by atoms with Gasteiger partial charge in [0.15, 0.2) is 4.90 Å². The molecule has 182 valence electrons. The molecule has 0 spiro atoms. The van der Waals surface area contributed by atoms with E-state index in [2.05, 4.69) is 5.32 Å². The van der Waals surface area contributed by atoms with E-state index in [1.54, 1.807) is 55.8 Å². The molecule has 2 aromatic carbocycles. The van der Waals surface area contributed by atoms with Gasteiger partial charge in [0.25, 0.3) is 5.91 Å². The monoisotopic (exact) mass is 524 g/mol. The Morgan fingerprint density at radius 3 is 2.41 bits per heavy atom. The average Bonchev–Trinajstić information content (AvgIpc) is 3.11. The van der Waals surface area contributed by atoms with Gasteiger partial charge in [0.05, 0.1) is 34.3 Å². The zero-order valence-electron chi connectivity index (χ0n) is 19.2. The van der Waals surface area contributed by atoms with Gasteiger partial charge in [-0.3, -0.25) is 4.79 Å². The number of rotatable bonds is 8. The molecular formula is C24H26Cl2N2O5S. The summed E-state index contributed by atoms with van der Waals surface area (Å²) in [5, 5.41) is 14.2. The lowest BCUT2D eigenvalue weighted by Crippen LogP contribution is -2.32. The molecule has 1 heterocycles. The highest BCUT2D eigenvalue weighted by atomic mass is 35.5. The number of nitrogens with zero attached hydrogens (tertiary/aromatic N) is 1. The molecule has 10 heteroatoms. The summed E-state index contributed by atoms with van der Waals surface area (Å²) in [5.41, 5.74) is 2.55. The Labute approximate surface area is 211 Å². The zero-order chi connectivity index (χ0) is 25.2. The van der Waals surface area contributed by atoms with Crippen LogP contribution < -0.4 is 5.32 Å². The first kappa shape index (κ1) is 26.4. The first-order valence-electron chi connectivity index (χ1n) is 10.6. The molecule has 34 heavy (non-hydrogen) atoms. The van der Waals surface area contributed by atoms with Gasteiger partial charge in [-0.2, -0.15) is 0 Å². The molecule has 1 aromatic heterocycles. The van der Waals surface area contributed by atoms with Crippen molar-refractivity contribution in [3.05, 3.63) is 63.3 Å². The molecule has 3 aromatic rings. The Morgan fingerprint density at radius 1 is 1.18 bits per heavy atom. The van der Waals surface area contributed by atoms with Gasteiger partial charge < -0.3 is 24.3 Å². The number of halogens is 2. The minimum atomic E-state index is -1.56. The van der Waals surface area contributed by atoms with Crippen molar-refractivity contribution in [1.29, 1.82) is 0 Å². The van der Waals surface area contributed by atoms with E-state index in [1.807, 2.05) is 13.0 Å². The van der Waals surface area contributed by atoms with Crippen LogP contribution in [0.25, 0.3) is 10.9 Å². The van der Waals surface area contributed by atoms with Gasteiger partial charge in [-0.15, -0.1) is 0 Å². The number of fused-ring (bicyclic) bond motifs is 1. The summed E-state index contributed by atoms with van der Waals surface area (Å²) < 4.78 is 19.2. The summed E-state index contributed by atoms with van der Waals surface area (Å²) in [5.74, 6) is -1.18. The first-order chi connectivity index (χ1) is 16.0. The van der Waals surface area contributed by atoms with Crippen molar-refractivity contribution in [2.75, 3.05) is 12.4 Å². The highest BCUT2D eigenvalue weighted by molar-refractivity contribution is 7.92. The van der Waals surface area contributed by atoms with Gasteiger partial charge in [-0.05, 0) is 67.3 Å². The van der Waals surface area contributed by atoms with Crippen molar-refractivity contribution in [3.63, 3.8) is 0 Å². The lowest BCUT2D eigenvalue weighted by atomic mass is 10.1. The van der Waals surface area contributed by atoms with Crippen LogP contribution in [0, 0.1) is 6.92 Å². The Morgan fingerprint density at radius 2 is 1.82 bits per heavy atom. The smallest absolute Gasteiger partial charge is 0.357 e. The number of aliphatic hydroxyl groups is 1. The lowest BCUT2D eigenvalue weighted by molar-refractivity contribution is -0.144. The number of aryl methyl sites for hydroxylation is 2. The molecule has 0 aliphatic rings. The second-order valence-electron chi connectivity index (χ2n) is 8.15. The fourth-order valence-electron chi connectivity index (χ4n) is 3.55. The van der Waals surface area contributed by atoms with Crippen LogP contribution in [0.4, 0.5) is 0 Å². The molecule has 2 N–H and O–H groups in total. The number of nitrogens with one attached hydrogen (secondary N) is 1. The molecule has 0 saturated heterocycles. The van der Waals surface area contributed by atoms with E-state index in [4.69, 9.17) is 27.9 Å². The van der Waals surface area contributed by atoms with E-state index in [0.717, 1.165) is 11.1 Å². The van der Waals surface area contributed by atoms with Crippen molar-refractivity contribution >= 4 is 57.2 Å². The first-order valence-corrected chi connectivity index (χ1v) is 12.6. The normalized spacial score (nSPS) is 13.2. The molecule has 2 atom stereocenters. The van der Waals surface area contributed by atoms with Crippen LogP contribution in [0.2, 0.25) is 10.0 Å². The molecule has 0 unspecified atom stereocenters. The van der Waals surface area contributed by atoms with Crippen LogP contribution in [0.15, 0.2) is 41.3 Å². The summed E-state index contributed by atoms with van der Waals surface area (Å²) in [6.07, 6.45) is -0.278. The highest BCUT2D eigenvalue weighted by Crippen LogP contribution is 2.35. The van der Waals surface area contributed by atoms with Gasteiger partial charge >= 0.3 is 5.97 Å². The van der Waals surface area contributed by atoms with E-state index < -0.39 is 29.1 Å². The maximum Gasteiger partial charge on any atom is 0.357 e. The molecule has 0 saturated carbocycles. The fourth-order valence-corrected chi connectivity index (χ4v) is 4.90. The number of aliphatic hydroxyl groups excluding tert-OH is 1. The van der Waals surface area contributed by atoms with E-state index in [1.165, 1.54) is 0 Å². The summed E-state index contributed by atoms with van der Waals surface area (Å²) in [6.45, 7) is 4.94. The Kier molecular flexibility index (Phi) is 8.54. The molecule has 0 aliphatic heterocycles. The van der Waals surface area contributed by atoms with Crippen molar-refractivity contribution < 1.29 is 24.0 Å². The lowest BCUT2D eigenvalue weighted by Gasteiger charge is -2.18. The van der Waals surface area contributed by atoms with Crippen molar-refractivity contribution in [3.8, 4) is 0 Å². The predicted molar refractivity (Wildman–Crippen MR) is 134 cm³/mol. The largest absolute Gasteiger partial charge is 0.611 e. The number of hydrogen-bond donors (Lipinski definition) is 2. The van der Waals surface area contributed by atoms with Gasteiger partial charge in [-0.1, -0.05) is 35.3 Å². The summed E-state index contributed by atoms with van der Waals surface area (Å²) >= 11 is 11.1. The number of amides is 1. The second kappa shape index (κ2) is 11.0. The summed E-state index contributed by atoms with van der Waals surface area (Å²) in [6, 6.07) is 9.34. The standard InChI is InChI=1S/C24H26Cl2N2O5S/c1-13(2)33-21(30)12-34(32)16-7-5-15(6-8-16)18(11-29)27-24(31)20-10-17-19(28(20)4)9-14(3)22(25)23(17)26/h5-10,13,18,29H,11-12H2,1-4H3,(H,27,31)/t18-,34-/m1/s1. The molecular weight excluding hydrogens is 499 g/mol. The summed E-state index contributed by atoms with van der Waals surface area (Å²) in [4.78, 5) is 25.2. The topological polar surface area (TPSA) is 104 Å². The molecule has 1 amide bonds. The SMILES string of the molecule is Cc1cc2c(cc(C(=O)N[C@H](CO)c3ccc([S@+]([O-])CC(=O)OC(C)C)cc3)n2C)c(Cl)c1Cl. The van der Waals surface area contributed by atoms with Gasteiger partial charge in [0, 0.05) is 12.4 Å². The van der Waals surface area contributed by atoms with Crippen LogP contribution in [-0.2, 0) is 27.8 Å².